The third-order valence-corrected chi connectivity index (χ3v) is 3.97. The van der Waals surface area contributed by atoms with Gasteiger partial charge in [0.25, 0.3) is 10.0 Å². The van der Waals surface area contributed by atoms with Crippen LogP contribution in [0, 0.1) is 5.82 Å². The maximum Gasteiger partial charge on any atom is 0.283 e. The van der Waals surface area contributed by atoms with Crippen LogP contribution in [0.15, 0.2) is 29.7 Å². The van der Waals surface area contributed by atoms with E-state index in [0.717, 1.165) is 18.6 Å². The molecular formula is C9H5Cl2FN4O2S. The highest BCUT2D eigenvalue weighted by molar-refractivity contribution is 7.92. The molecule has 0 fully saturated rings. The third-order valence-electron chi connectivity index (χ3n) is 1.96. The summed E-state index contributed by atoms with van der Waals surface area (Å²) in [5, 5.41) is -1.08. The lowest BCUT2D eigenvalue weighted by molar-refractivity contribution is 0.556. The molecule has 0 atom stereocenters. The molecule has 0 radical (unpaired) electrons. The molecule has 0 saturated carbocycles. The number of halogens is 3. The van der Waals surface area contributed by atoms with E-state index in [9.17, 15) is 12.8 Å². The Hall–Kier alpha value is -1.51. The van der Waals surface area contributed by atoms with E-state index < -0.39 is 20.9 Å². The van der Waals surface area contributed by atoms with Crippen LogP contribution in [0.3, 0.4) is 0 Å². The van der Waals surface area contributed by atoms with Gasteiger partial charge in [-0.15, -0.1) is 0 Å². The Balaban J connectivity index is 2.43. The molecule has 0 bridgehead atoms. The molecule has 19 heavy (non-hydrogen) atoms. The van der Waals surface area contributed by atoms with Crippen molar-refractivity contribution in [1.29, 1.82) is 0 Å². The summed E-state index contributed by atoms with van der Waals surface area (Å²) in [5.41, 5.74) is 0. The number of aromatic nitrogens is 3. The Morgan fingerprint density at radius 2 is 1.95 bits per heavy atom. The normalized spacial score (nSPS) is 11.3. The van der Waals surface area contributed by atoms with Crippen LogP contribution in [0.4, 0.5) is 10.2 Å². The first kappa shape index (κ1) is 13.9. The van der Waals surface area contributed by atoms with Crippen molar-refractivity contribution in [2.45, 2.75) is 5.03 Å². The highest BCUT2D eigenvalue weighted by atomic mass is 35.5. The summed E-state index contributed by atoms with van der Waals surface area (Å²) in [6.45, 7) is 0. The molecule has 0 spiro atoms. The van der Waals surface area contributed by atoms with Crippen molar-refractivity contribution in [3.8, 4) is 0 Å². The molecule has 0 aromatic carbocycles. The van der Waals surface area contributed by atoms with Crippen LogP contribution in [-0.2, 0) is 10.0 Å². The molecule has 0 saturated heterocycles. The summed E-state index contributed by atoms with van der Waals surface area (Å²) in [7, 11) is -4.25. The molecular weight excluding hydrogens is 318 g/mol. The van der Waals surface area contributed by atoms with E-state index in [1.807, 2.05) is 4.72 Å². The second-order valence-corrected chi connectivity index (χ2v) is 5.56. The number of anilines is 1. The van der Waals surface area contributed by atoms with Crippen LogP contribution in [0.5, 0.6) is 0 Å². The van der Waals surface area contributed by atoms with Crippen molar-refractivity contribution in [3.05, 3.63) is 40.6 Å². The Bertz CT molecular complexity index is 726. The van der Waals surface area contributed by atoms with Crippen molar-refractivity contribution in [2.24, 2.45) is 0 Å². The molecule has 6 nitrogen and oxygen atoms in total. The number of nitrogens with zero attached hydrogens (tertiary/aromatic N) is 3. The zero-order valence-corrected chi connectivity index (χ0v) is 11.3. The predicted molar refractivity (Wildman–Crippen MR) is 67.1 cm³/mol. The van der Waals surface area contributed by atoms with Gasteiger partial charge < -0.3 is 0 Å². The van der Waals surface area contributed by atoms with Gasteiger partial charge in [0, 0.05) is 6.20 Å². The Morgan fingerprint density at radius 3 is 2.63 bits per heavy atom. The van der Waals surface area contributed by atoms with Crippen molar-refractivity contribution in [1.82, 2.24) is 15.0 Å². The summed E-state index contributed by atoms with van der Waals surface area (Å²) in [6, 6.07) is 2.24. The maximum atomic E-state index is 13.4. The first-order chi connectivity index (χ1) is 8.92. The summed E-state index contributed by atoms with van der Waals surface area (Å²) in [4.78, 5) is 10.6. The molecule has 2 rings (SSSR count). The smallest absolute Gasteiger partial charge is 0.261 e. The van der Waals surface area contributed by atoms with Crippen molar-refractivity contribution in [3.63, 3.8) is 0 Å². The number of pyridine rings is 1. The van der Waals surface area contributed by atoms with Gasteiger partial charge >= 0.3 is 0 Å². The van der Waals surface area contributed by atoms with Gasteiger partial charge in [0.15, 0.2) is 16.8 Å². The molecule has 2 aromatic rings. The van der Waals surface area contributed by atoms with Crippen LogP contribution in [0.25, 0.3) is 0 Å². The average molecular weight is 323 g/mol. The topological polar surface area (TPSA) is 84.8 Å². The fraction of sp³-hybridized carbons (Fsp3) is 0. The van der Waals surface area contributed by atoms with E-state index >= 15 is 0 Å². The standard InChI is InChI=1S/C9H5Cl2FN4O2S/c10-6-7(11)14-4-15-8(6)16-19(17,18)9-5(12)2-1-3-13-9/h1-4H,(H,14,15,16). The van der Waals surface area contributed by atoms with Gasteiger partial charge in [0.1, 0.15) is 11.3 Å². The SMILES string of the molecule is O=S(=O)(Nc1ncnc(Cl)c1Cl)c1ncccc1F. The van der Waals surface area contributed by atoms with Gasteiger partial charge in [-0.1, -0.05) is 23.2 Å². The van der Waals surface area contributed by atoms with Gasteiger partial charge in [-0.05, 0) is 12.1 Å². The minimum atomic E-state index is -4.25. The molecule has 2 aromatic heterocycles. The van der Waals surface area contributed by atoms with Gasteiger partial charge in [-0.3, -0.25) is 4.72 Å². The Morgan fingerprint density at radius 1 is 1.21 bits per heavy atom. The second kappa shape index (κ2) is 5.24. The fourth-order valence-corrected chi connectivity index (χ4v) is 2.53. The van der Waals surface area contributed by atoms with Gasteiger partial charge in [-0.2, -0.15) is 8.42 Å². The lowest BCUT2D eigenvalue weighted by Gasteiger charge is -2.08. The number of nitrogens with one attached hydrogen (secondary N) is 1. The van der Waals surface area contributed by atoms with E-state index in [2.05, 4.69) is 15.0 Å². The van der Waals surface area contributed by atoms with E-state index in [4.69, 9.17) is 23.2 Å². The van der Waals surface area contributed by atoms with E-state index in [0.29, 0.717) is 0 Å². The van der Waals surface area contributed by atoms with Crippen LogP contribution >= 0.6 is 23.2 Å². The number of hydrogen-bond acceptors (Lipinski definition) is 5. The highest BCUT2D eigenvalue weighted by Crippen LogP contribution is 2.27. The molecule has 0 aliphatic heterocycles. The number of hydrogen-bond donors (Lipinski definition) is 1. The third kappa shape index (κ3) is 2.91. The zero-order chi connectivity index (χ0) is 14.0. The summed E-state index contributed by atoms with van der Waals surface area (Å²) in [5.74, 6) is -1.25. The minimum absolute atomic E-state index is 0.129. The molecule has 10 heteroatoms. The van der Waals surface area contributed by atoms with Crippen LogP contribution in [0.2, 0.25) is 10.2 Å². The largest absolute Gasteiger partial charge is 0.283 e. The van der Waals surface area contributed by atoms with Crippen molar-refractivity contribution in [2.75, 3.05) is 4.72 Å². The summed E-state index contributed by atoms with van der Waals surface area (Å²) in [6.07, 6.45) is 2.16. The fourth-order valence-electron chi connectivity index (χ4n) is 1.16. The van der Waals surface area contributed by atoms with Crippen molar-refractivity contribution < 1.29 is 12.8 Å². The molecule has 0 aliphatic rings. The average Bonchev–Trinajstić information content (AvgIpc) is 2.35. The van der Waals surface area contributed by atoms with E-state index in [1.54, 1.807) is 0 Å². The Kier molecular flexibility index (Phi) is 3.83. The molecule has 1 N–H and O–H groups in total. The van der Waals surface area contributed by atoms with Crippen LogP contribution in [-0.4, -0.2) is 23.4 Å². The second-order valence-electron chi connectivity index (χ2n) is 3.22. The highest BCUT2D eigenvalue weighted by Gasteiger charge is 2.22. The maximum absolute atomic E-state index is 13.4. The lowest BCUT2D eigenvalue weighted by Crippen LogP contribution is -2.17. The van der Waals surface area contributed by atoms with Gasteiger partial charge in [0.2, 0.25) is 5.03 Å². The molecule has 0 unspecified atom stereocenters. The van der Waals surface area contributed by atoms with Gasteiger partial charge in [-0.25, -0.2) is 19.3 Å². The van der Waals surface area contributed by atoms with E-state index in [-0.39, 0.29) is 16.0 Å². The van der Waals surface area contributed by atoms with Gasteiger partial charge in [0.05, 0.1) is 0 Å². The van der Waals surface area contributed by atoms with E-state index in [1.165, 1.54) is 6.07 Å². The zero-order valence-electron chi connectivity index (χ0n) is 9.01. The van der Waals surface area contributed by atoms with Crippen molar-refractivity contribution >= 4 is 39.0 Å². The lowest BCUT2D eigenvalue weighted by atomic mass is 10.5. The molecule has 0 amide bonds. The molecule has 100 valence electrons. The molecule has 2 heterocycles. The first-order valence-corrected chi connectivity index (χ1v) is 6.95. The first-order valence-electron chi connectivity index (χ1n) is 4.71. The monoisotopic (exact) mass is 322 g/mol. The van der Waals surface area contributed by atoms with Crippen LogP contribution < -0.4 is 4.72 Å². The molecule has 0 aliphatic carbocycles. The summed E-state index contributed by atoms with van der Waals surface area (Å²) < 4.78 is 39.2. The predicted octanol–water partition coefficient (Wildman–Crippen LogP) is 2.12. The summed E-state index contributed by atoms with van der Waals surface area (Å²) >= 11 is 11.3. The Labute approximate surface area is 117 Å². The number of rotatable bonds is 3. The quantitative estimate of drug-likeness (QED) is 0.875. The minimum Gasteiger partial charge on any atom is -0.261 e. The van der Waals surface area contributed by atoms with Crippen LogP contribution in [0.1, 0.15) is 0 Å². The number of sulfonamides is 1.